The molecule has 110 valence electrons. The standard InChI is InChI=1S/C17H27BO2/c1-12-11-13(15(2,3)4)9-10-14(12)18-19-16(5,6)17(7,8)20-18/h9-11H,1-8H3/i1D3. The molecule has 1 aromatic carbocycles. The first-order chi connectivity index (χ1) is 10.2. The van der Waals surface area contributed by atoms with Gasteiger partial charge in [-0.2, -0.15) is 0 Å². The van der Waals surface area contributed by atoms with Crippen molar-refractivity contribution in [3.05, 3.63) is 29.3 Å². The fourth-order valence-corrected chi connectivity index (χ4v) is 2.20. The van der Waals surface area contributed by atoms with E-state index in [2.05, 4.69) is 20.8 Å². The molecule has 0 bridgehead atoms. The molecular formula is C17H27BO2. The summed E-state index contributed by atoms with van der Waals surface area (Å²) in [6.07, 6.45) is 0. The molecule has 2 nitrogen and oxygen atoms in total. The lowest BCUT2D eigenvalue weighted by Crippen LogP contribution is -2.41. The molecule has 0 radical (unpaired) electrons. The summed E-state index contributed by atoms with van der Waals surface area (Å²) in [6, 6.07) is 5.58. The van der Waals surface area contributed by atoms with Gasteiger partial charge >= 0.3 is 7.12 Å². The Morgan fingerprint density at radius 3 is 2.05 bits per heavy atom. The Hall–Kier alpha value is -0.795. The van der Waals surface area contributed by atoms with Crippen LogP contribution in [-0.2, 0) is 14.7 Å². The minimum Gasteiger partial charge on any atom is -0.399 e. The highest BCUT2D eigenvalue weighted by molar-refractivity contribution is 6.62. The molecule has 0 saturated carbocycles. The number of hydrogen-bond donors (Lipinski definition) is 0. The van der Waals surface area contributed by atoms with Crippen LogP contribution >= 0.6 is 0 Å². The summed E-state index contributed by atoms with van der Waals surface area (Å²) in [4.78, 5) is 0. The maximum absolute atomic E-state index is 7.90. The highest BCUT2D eigenvalue weighted by Crippen LogP contribution is 2.36. The third kappa shape index (κ3) is 2.66. The van der Waals surface area contributed by atoms with Crippen LogP contribution in [0.1, 0.15) is 63.7 Å². The molecule has 2 rings (SSSR count). The van der Waals surface area contributed by atoms with E-state index in [1.54, 1.807) is 6.07 Å². The van der Waals surface area contributed by atoms with Crippen molar-refractivity contribution in [2.45, 2.75) is 71.9 Å². The van der Waals surface area contributed by atoms with Crippen molar-refractivity contribution in [3.8, 4) is 0 Å². The Kier molecular flexibility index (Phi) is 2.72. The lowest BCUT2D eigenvalue weighted by molar-refractivity contribution is 0.00578. The molecule has 1 fully saturated rings. The van der Waals surface area contributed by atoms with Crippen LogP contribution < -0.4 is 5.46 Å². The second-order valence-corrected chi connectivity index (χ2v) is 7.64. The highest BCUT2D eigenvalue weighted by Gasteiger charge is 2.52. The van der Waals surface area contributed by atoms with Crippen LogP contribution in [-0.4, -0.2) is 18.3 Å². The molecule has 1 aliphatic rings. The van der Waals surface area contributed by atoms with Crippen molar-refractivity contribution >= 4 is 12.6 Å². The van der Waals surface area contributed by atoms with Crippen LogP contribution in [0, 0.1) is 6.85 Å². The summed E-state index contributed by atoms with van der Waals surface area (Å²) in [5, 5.41) is 0. The van der Waals surface area contributed by atoms with Crippen molar-refractivity contribution in [2.24, 2.45) is 0 Å². The first-order valence-corrected chi connectivity index (χ1v) is 7.16. The van der Waals surface area contributed by atoms with Crippen LogP contribution in [0.15, 0.2) is 18.2 Å². The quantitative estimate of drug-likeness (QED) is 0.730. The number of aryl methyl sites for hydroxylation is 1. The largest absolute Gasteiger partial charge is 0.495 e. The van der Waals surface area contributed by atoms with Gasteiger partial charge in [0.15, 0.2) is 0 Å². The first-order valence-electron chi connectivity index (χ1n) is 8.66. The molecule has 0 unspecified atom stereocenters. The van der Waals surface area contributed by atoms with Crippen LogP contribution in [0.5, 0.6) is 0 Å². The van der Waals surface area contributed by atoms with Crippen LogP contribution in [0.3, 0.4) is 0 Å². The smallest absolute Gasteiger partial charge is 0.399 e. The lowest BCUT2D eigenvalue weighted by Gasteiger charge is -2.32. The SMILES string of the molecule is [2H]C([2H])([2H])c1cc(C(C)(C)C)ccc1B1OC(C)(C)C(C)(C)O1. The van der Waals surface area contributed by atoms with Gasteiger partial charge in [-0.25, -0.2) is 0 Å². The zero-order valence-corrected chi connectivity index (χ0v) is 13.6. The molecular weight excluding hydrogens is 247 g/mol. The Morgan fingerprint density at radius 1 is 1.05 bits per heavy atom. The topological polar surface area (TPSA) is 18.5 Å². The van der Waals surface area contributed by atoms with Gasteiger partial charge in [-0.3, -0.25) is 0 Å². The fraction of sp³-hybridized carbons (Fsp3) is 0.647. The van der Waals surface area contributed by atoms with E-state index in [4.69, 9.17) is 13.4 Å². The predicted octanol–water partition coefficient (Wildman–Crippen LogP) is 3.59. The summed E-state index contributed by atoms with van der Waals surface area (Å²) in [7, 11) is -0.663. The second-order valence-electron chi connectivity index (χ2n) is 7.64. The van der Waals surface area contributed by atoms with E-state index in [1.807, 2.05) is 39.8 Å². The molecule has 1 aromatic rings. The van der Waals surface area contributed by atoms with Gasteiger partial charge in [0.2, 0.25) is 0 Å². The van der Waals surface area contributed by atoms with E-state index in [9.17, 15) is 0 Å². The summed E-state index contributed by atoms with van der Waals surface area (Å²) in [5.74, 6) is 0. The van der Waals surface area contributed by atoms with Gasteiger partial charge in [-0.1, -0.05) is 44.5 Å². The molecule has 1 saturated heterocycles. The molecule has 1 aliphatic heterocycles. The van der Waals surface area contributed by atoms with Gasteiger partial charge in [-0.05, 0) is 51.0 Å². The van der Waals surface area contributed by atoms with E-state index in [0.717, 1.165) is 5.56 Å². The summed E-state index contributed by atoms with van der Waals surface area (Å²) >= 11 is 0. The number of benzene rings is 1. The van der Waals surface area contributed by atoms with E-state index in [0.29, 0.717) is 11.0 Å². The van der Waals surface area contributed by atoms with E-state index < -0.39 is 25.2 Å². The Morgan fingerprint density at radius 2 is 1.60 bits per heavy atom. The van der Waals surface area contributed by atoms with Gasteiger partial charge in [0.25, 0.3) is 0 Å². The maximum Gasteiger partial charge on any atom is 0.495 e. The van der Waals surface area contributed by atoms with Crippen LogP contribution in [0.2, 0.25) is 0 Å². The van der Waals surface area contributed by atoms with Crippen molar-refractivity contribution in [3.63, 3.8) is 0 Å². The zero-order valence-electron chi connectivity index (χ0n) is 16.6. The van der Waals surface area contributed by atoms with Gasteiger partial charge < -0.3 is 9.31 Å². The zero-order chi connectivity index (χ0) is 17.8. The number of rotatable bonds is 1. The highest BCUT2D eigenvalue weighted by atomic mass is 16.7. The minimum absolute atomic E-state index is 0.117. The predicted molar refractivity (Wildman–Crippen MR) is 85.6 cm³/mol. The molecule has 3 heteroatoms. The summed E-state index contributed by atoms with van der Waals surface area (Å²) in [6.45, 7) is 11.9. The van der Waals surface area contributed by atoms with Crippen molar-refractivity contribution in [1.29, 1.82) is 0 Å². The van der Waals surface area contributed by atoms with E-state index in [1.165, 1.54) is 0 Å². The van der Waals surface area contributed by atoms with E-state index in [-0.39, 0.29) is 5.41 Å². The second kappa shape index (κ2) is 4.61. The van der Waals surface area contributed by atoms with Crippen LogP contribution in [0.4, 0.5) is 0 Å². The Balaban J connectivity index is 2.52. The third-order valence-electron chi connectivity index (χ3n) is 4.43. The van der Waals surface area contributed by atoms with E-state index >= 15 is 0 Å². The van der Waals surface area contributed by atoms with Crippen LogP contribution in [0.25, 0.3) is 0 Å². The molecule has 0 aromatic heterocycles. The Labute approximate surface area is 128 Å². The van der Waals surface area contributed by atoms with Gasteiger partial charge in [-0.15, -0.1) is 0 Å². The molecule has 0 amide bonds. The molecule has 0 atom stereocenters. The third-order valence-corrected chi connectivity index (χ3v) is 4.43. The fourth-order valence-electron chi connectivity index (χ4n) is 2.20. The molecule has 0 aliphatic carbocycles. The van der Waals surface area contributed by atoms with Gasteiger partial charge in [0, 0.05) is 4.11 Å². The lowest BCUT2D eigenvalue weighted by atomic mass is 9.74. The average Bonchev–Trinajstić information content (AvgIpc) is 2.55. The minimum atomic E-state index is -2.21. The van der Waals surface area contributed by atoms with Crippen molar-refractivity contribution < 1.29 is 13.4 Å². The average molecular weight is 277 g/mol. The Bertz CT molecular complexity index is 585. The molecule has 0 spiro atoms. The molecule has 1 heterocycles. The number of hydrogen-bond acceptors (Lipinski definition) is 2. The van der Waals surface area contributed by atoms with Gasteiger partial charge in [0.05, 0.1) is 11.2 Å². The maximum atomic E-state index is 7.90. The van der Waals surface area contributed by atoms with Gasteiger partial charge in [0.1, 0.15) is 0 Å². The first kappa shape index (κ1) is 11.8. The van der Waals surface area contributed by atoms with Crippen molar-refractivity contribution in [2.75, 3.05) is 0 Å². The van der Waals surface area contributed by atoms with Crippen molar-refractivity contribution in [1.82, 2.24) is 0 Å². The summed E-state index contributed by atoms with van der Waals surface area (Å²) < 4.78 is 35.8. The molecule has 0 N–H and O–H groups in total. The summed E-state index contributed by atoms with van der Waals surface area (Å²) in [5.41, 5.74) is 0.789. The monoisotopic (exact) mass is 277 g/mol. The normalized spacial score (nSPS) is 24.1. The molecule has 20 heavy (non-hydrogen) atoms.